The molecule has 0 bridgehead atoms. The van der Waals surface area contributed by atoms with E-state index in [1.165, 1.54) is 20.3 Å². The van der Waals surface area contributed by atoms with Crippen molar-refractivity contribution in [3.8, 4) is 11.5 Å². The first-order chi connectivity index (χ1) is 7.81. The first kappa shape index (κ1) is 13.8. The van der Waals surface area contributed by atoms with Gasteiger partial charge in [0, 0.05) is 12.3 Å². The molecule has 1 aromatic rings. The summed E-state index contributed by atoms with van der Waals surface area (Å²) in [6.45, 7) is 0. The maximum absolute atomic E-state index is 11.5. The molecule has 0 aliphatic rings. The highest BCUT2D eigenvalue weighted by atomic mass is 35.5. The Morgan fingerprint density at radius 3 is 2.06 bits per heavy atom. The molecule has 0 radical (unpaired) electrons. The molecule has 0 fully saturated rings. The molecule has 94 valence electrons. The number of sulfone groups is 1. The summed E-state index contributed by atoms with van der Waals surface area (Å²) in [5, 5.41) is -0.797. The lowest BCUT2D eigenvalue weighted by molar-refractivity contribution is 0.107. The number of ether oxygens (including phenoxy) is 2. The summed E-state index contributed by atoms with van der Waals surface area (Å²) in [5.74, 6) is 0.264. The van der Waals surface area contributed by atoms with Crippen LogP contribution in [0.25, 0.3) is 0 Å². The molecular formula is C10H11ClO5S. The normalized spacial score (nSPS) is 11.1. The quantitative estimate of drug-likeness (QED) is 0.781. The van der Waals surface area contributed by atoms with E-state index < -0.39 is 15.1 Å². The molecule has 7 heteroatoms. The average molecular weight is 279 g/mol. The number of halogens is 1. The minimum atomic E-state index is -3.52. The zero-order valence-electron chi connectivity index (χ0n) is 9.48. The minimum absolute atomic E-state index is 0.0182. The summed E-state index contributed by atoms with van der Waals surface area (Å²) in [6, 6.07) is 2.45. The molecule has 0 amide bonds. The van der Waals surface area contributed by atoms with E-state index in [0.29, 0.717) is 0 Å². The molecule has 0 saturated heterocycles. The Balaban J connectivity index is 3.62. The van der Waals surface area contributed by atoms with Gasteiger partial charge < -0.3 is 9.47 Å². The summed E-state index contributed by atoms with van der Waals surface area (Å²) in [7, 11) is -0.847. The van der Waals surface area contributed by atoms with E-state index in [-0.39, 0.29) is 22.0 Å². The molecule has 5 nitrogen and oxygen atoms in total. The van der Waals surface area contributed by atoms with Gasteiger partial charge in [-0.3, -0.25) is 4.79 Å². The van der Waals surface area contributed by atoms with Gasteiger partial charge in [-0.15, -0.1) is 0 Å². The van der Waals surface area contributed by atoms with Crippen LogP contribution < -0.4 is 9.47 Å². The first-order valence-electron chi connectivity index (χ1n) is 4.47. The van der Waals surface area contributed by atoms with Crippen LogP contribution in [0.5, 0.6) is 11.5 Å². The highest BCUT2D eigenvalue weighted by molar-refractivity contribution is 7.90. The van der Waals surface area contributed by atoms with E-state index in [1.54, 1.807) is 0 Å². The fourth-order valence-corrected chi connectivity index (χ4v) is 2.30. The summed E-state index contributed by atoms with van der Waals surface area (Å²) >= 11 is 5.35. The highest BCUT2D eigenvalue weighted by Crippen LogP contribution is 2.32. The van der Waals surface area contributed by atoms with Crippen LogP contribution in [-0.2, 0) is 9.84 Å². The molecule has 0 atom stereocenters. The minimum Gasteiger partial charge on any atom is -0.496 e. The third kappa shape index (κ3) is 2.89. The van der Waals surface area contributed by atoms with E-state index in [4.69, 9.17) is 21.1 Å². The topological polar surface area (TPSA) is 69.7 Å². The van der Waals surface area contributed by atoms with Crippen molar-refractivity contribution in [3.63, 3.8) is 0 Å². The number of carbonyl (C=O) groups is 1. The molecular weight excluding hydrogens is 268 g/mol. The first-order valence-corrected chi connectivity index (χ1v) is 6.74. The molecule has 0 aliphatic carbocycles. The van der Waals surface area contributed by atoms with Crippen molar-refractivity contribution in [2.24, 2.45) is 0 Å². The lowest BCUT2D eigenvalue weighted by Gasteiger charge is -2.11. The summed E-state index contributed by atoms with van der Waals surface area (Å²) in [6.07, 6.45) is 1.01. The number of carbonyl (C=O) groups excluding carboxylic acids is 1. The lowest BCUT2D eigenvalue weighted by atomic mass is 10.2. The van der Waals surface area contributed by atoms with Crippen LogP contribution in [0, 0.1) is 0 Å². The highest BCUT2D eigenvalue weighted by Gasteiger charge is 2.21. The van der Waals surface area contributed by atoms with Gasteiger partial charge in [0.1, 0.15) is 16.4 Å². The smallest absolute Gasteiger partial charge is 0.256 e. The number of hydrogen-bond donors (Lipinski definition) is 0. The predicted octanol–water partition coefficient (Wildman–Crippen LogP) is 1.49. The van der Waals surface area contributed by atoms with Crippen molar-refractivity contribution < 1.29 is 22.7 Å². The largest absolute Gasteiger partial charge is 0.496 e. The molecule has 0 spiro atoms. The fraction of sp³-hybridized carbons (Fsp3) is 0.300. The molecule has 1 aromatic carbocycles. The molecule has 0 saturated carbocycles. The maximum Gasteiger partial charge on any atom is 0.256 e. The zero-order chi connectivity index (χ0) is 13.2. The molecule has 0 aromatic heterocycles. The van der Waals surface area contributed by atoms with Crippen LogP contribution in [0.2, 0.25) is 0 Å². The maximum atomic E-state index is 11.5. The number of benzene rings is 1. The van der Waals surface area contributed by atoms with Crippen molar-refractivity contribution in [1.29, 1.82) is 0 Å². The van der Waals surface area contributed by atoms with Crippen LogP contribution in [0.4, 0.5) is 0 Å². The second-order valence-electron chi connectivity index (χ2n) is 3.25. The number of rotatable bonds is 4. The Morgan fingerprint density at radius 1 is 1.18 bits per heavy atom. The number of hydrogen-bond acceptors (Lipinski definition) is 5. The Kier molecular flexibility index (Phi) is 4.00. The van der Waals surface area contributed by atoms with Gasteiger partial charge in [0.05, 0.1) is 19.8 Å². The van der Waals surface area contributed by atoms with Gasteiger partial charge in [0.15, 0.2) is 9.84 Å². The SMILES string of the molecule is COc1cc(OC)c(S(C)(=O)=O)cc1C(=O)Cl. The van der Waals surface area contributed by atoms with Crippen LogP contribution in [0.3, 0.4) is 0 Å². The van der Waals surface area contributed by atoms with Crippen LogP contribution in [-0.4, -0.2) is 34.1 Å². The predicted molar refractivity (Wildman–Crippen MR) is 62.8 cm³/mol. The third-order valence-electron chi connectivity index (χ3n) is 2.10. The van der Waals surface area contributed by atoms with Gasteiger partial charge in [0.2, 0.25) is 0 Å². The van der Waals surface area contributed by atoms with Crippen molar-refractivity contribution in [2.45, 2.75) is 4.90 Å². The summed E-state index contributed by atoms with van der Waals surface area (Å²) in [5.41, 5.74) is -0.0182. The van der Waals surface area contributed by atoms with Gasteiger partial charge in [-0.2, -0.15) is 0 Å². The lowest BCUT2D eigenvalue weighted by Crippen LogP contribution is -2.05. The average Bonchev–Trinajstić information content (AvgIpc) is 2.25. The molecule has 17 heavy (non-hydrogen) atoms. The van der Waals surface area contributed by atoms with Gasteiger partial charge >= 0.3 is 0 Å². The third-order valence-corrected chi connectivity index (χ3v) is 3.42. The Labute approximate surface area is 104 Å². The zero-order valence-corrected chi connectivity index (χ0v) is 11.1. The summed E-state index contributed by atoms with van der Waals surface area (Å²) in [4.78, 5) is 11.0. The molecule has 1 rings (SSSR count). The van der Waals surface area contributed by atoms with Gasteiger partial charge in [-0.1, -0.05) is 0 Å². The second kappa shape index (κ2) is 4.93. The van der Waals surface area contributed by atoms with Gasteiger partial charge in [-0.05, 0) is 17.7 Å². The Hall–Kier alpha value is -1.27. The van der Waals surface area contributed by atoms with Gasteiger partial charge in [0.25, 0.3) is 5.24 Å². The summed E-state index contributed by atoms with van der Waals surface area (Å²) < 4.78 is 32.9. The van der Waals surface area contributed by atoms with Crippen LogP contribution in [0.1, 0.15) is 10.4 Å². The monoisotopic (exact) mass is 278 g/mol. The second-order valence-corrected chi connectivity index (χ2v) is 5.58. The van der Waals surface area contributed by atoms with E-state index in [9.17, 15) is 13.2 Å². The number of methoxy groups -OCH3 is 2. The van der Waals surface area contributed by atoms with Crippen LogP contribution >= 0.6 is 11.6 Å². The van der Waals surface area contributed by atoms with Crippen molar-refractivity contribution in [3.05, 3.63) is 17.7 Å². The van der Waals surface area contributed by atoms with E-state index >= 15 is 0 Å². The molecule has 0 N–H and O–H groups in total. The Morgan fingerprint density at radius 2 is 1.71 bits per heavy atom. The standard InChI is InChI=1S/C10H11ClO5S/c1-15-7-5-8(16-2)9(17(3,13)14)4-6(7)10(11)12/h4-5H,1-3H3. The fourth-order valence-electron chi connectivity index (χ4n) is 1.31. The van der Waals surface area contributed by atoms with Gasteiger partial charge in [-0.25, -0.2) is 8.42 Å². The van der Waals surface area contributed by atoms with E-state index in [1.807, 2.05) is 0 Å². The van der Waals surface area contributed by atoms with E-state index in [0.717, 1.165) is 12.3 Å². The van der Waals surface area contributed by atoms with Crippen molar-refractivity contribution in [2.75, 3.05) is 20.5 Å². The Bertz CT molecular complexity index is 550. The van der Waals surface area contributed by atoms with Crippen molar-refractivity contribution >= 4 is 26.7 Å². The molecule has 0 unspecified atom stereocenters. The molecule has 0 heterocycles. The van der Waals surface area contributed by atoms with Crippen LogP contribution in [0.15, 0.2) is 17.0 Å². The van der Waals surface area contributed by atoms with Crippen molar-refractivity contribution in [1.82, 2.24) is 0 Å². The molecule has 0 aliphatic heterocycles. The van der Waals surface area contributed by atoms with E-state index in [2.05, 4.69) is 0 Å².